The quantitative estimate of drug-likeness (QED) is 0.232. The number of anilines is 1. The summed E-state index contributed by atoms with van der Waals surface area (Å²) in [6.07, 6.45) is 4.20. The third kappa shape index (κ3) is 5.01. The molecule has 0 saturated carbocycles. The van der Waals surface area contributed by atoms with E-state index in [0.717, 1.165) is 22.6 Å². The number of aromatic nitrogens is 4. The average molecular weight is 591 g/mol. The van der Waals surface area contributed by atoms with Gasteiger partial charge < -0.3 is 20.6 Å². The maximum Gasteiger partial charge on any atom is 0.343 e. The molecule has 1 atom stereocenters. The molecule has 3 aromatic heterocycles. The first-order chi connectivity index (χ1) is 19.3. The molecule has 4 heterocycles. The number of nitrogens with two attached hydrogens (primary N) is 1. The van der Waals surface area contributed by atoms with Gasteiger partial charge in [-0.2, -0.15) is 5.10 Å². The Morgan fingerprint density at radius 2 is 1.83 bits per heavy atom. The fourth-order valence-electron chi connectivity index (χ4n) is 6.21. The first kappa shape index (κ1) is 29.2. The second kappa shape index (κ2) is 10.2. The molecule has 9 nitrogen and oxygen atoms in total. The number of aromatic hydroxyl groups is 1. The van der Waals surface area contributed by atoms with E-state index in [1.165, 1.54) is 18.5 Å². The summed E-state index contributed by atoms with van der Waals surface area (Å²) in [5.41, 5.74) is 8.13. The Hall–Kier alpha value is -4.28. The lowest BCUT2D eigenvalue weighted by Gasteiger charge is -2.41. The Labute approximate surface area is 247 Å². The van der Waals surface area contributed by atoms with Crippen LogP contribution in [-0.4, -0.2) is 35.9 Å². The minimum Gasteiger partial charge on any atom is -0.508 e. The summed E-state index contributed by atoms with van der Waals surface area (Å²) < 4.78 is 22.0. The monoisotopic (exact) mass is 590 g/mol. The fraction of sp³-hybridized carbons (Fsp3) is 0.290. The first-order valence-electron chi connectivity index (χ1n) is 13.4. The second-order valence-corrected chi connectivity index (χ2v) is 11.9. The van der Waals surface area contributed by atoms with Crippen LogP contribution in [0.4, 0.5) is 10.2 Å². The number of phenols is 1. The number of nitrogens with one attached hydrogen (secondary N) is 1. The van der Waals surface area contributed by atoms with Crippen molar-refractivity contribution in [1.82, 2.24) is 25.1 Å². The summed E-state index contributed by atoms with van der Waals surface area (Å²) >= 11 is 0. The van der Waals surface area contributed by atoms with Gasteiger partial charge >= 0.3 is 5.63 Å². The average Bonchev–Trinajstić information content (AvgIpc) is 3.27. The van der Waals surface area contributed by atoms with Gasteiger partial charge in [0.15, 0.2) is 5.65 Å². The van der Waals surface area contributed by atoms with E-state index in [9.17, 15) is 14.3 Å². The van der Waals surface area contributed by atoms with Gasteiger partial charge in [-0.1, -0.05) is 24.3 Å². The van der Waals surface area contributed by atoms with Crippen LogP contribution in [0.2, 0.25) is 0 Å². The highest BCUT2D eigenvalue weighted by Crippen LogP contribution is 2.41. The number of nitrogen functional groups attached to an aromatic ring is 1. The van der Waals surface area contributed by atoms with Crippen LogP contribution < -0.4 is 16.7 Å². The third-order valence-electron chi connectivity index (χ3n) is 7.43. The predicted octanol–water partition coefficient (Wildman–Crippen LogP) is 5.99. The van der Waals surface area contributed by atoms with E-state index >= 15 is 0 Å². The van der Waals surface area contributed by atoms with E-state index in [1.54, 1.807) is 10.7 Å². The highest BCUT2D eigenvalue weighted by atomic mass is 35.5. The number of rotatable bonds is 4. The summed E-state index contributed by atoms with van der Waals surface area (Å²) in [5.74, 6) is -0.310. The Bertz CT molecular complexity index is 1920. The van der Waals surface area contributed by atoms with Crippen molar-refractivity contribution in [3.05, 3.63) is 82.4 Å². The largest absolute Gasteiger partial charge is 0.508 e. The molecule has 0 bridgehead atoms. The number of fused-ring (bicyclic) bond motifs is 2. The SMILES string of the molecule is CC(c1oc(=O)c2ccccc2c1C1=CC(C)(C)NC(C)(C)C1)n1nc(-c2cc(O)cc(F)c2)c2c(N)ncnc21.Cl. The zero-order valence-corrected chi connectivity index (χ0v) is 24.7. The molecular weight excluding hydrogens is 559 g/mol. The van der Waals surface area contributed by atoms with Crippen molar-refractivity contribution in [1.29, 1.82) is 0 Å². The highest BCUT2D eigenvalue weighted by Gasteiger charge is 2.35. The van der Waals surface area contributed by atoms with Gasteiger partial charge in [0.25, 0.3) is 0 Å². The number of hydrogen-bond acceptors (Lipinski definition) is 8. The molecule has 1 unspecified atom stereocenters. The number of nitrogens with zero attached hydrogens (tertiary/aromatic N) is 4. The molecule has 1 aliphatic heterocycles. The summed E-state index contributed by atoms with van der Waals surface area (Å²) in [4.78, 5) is 21.9. The maximum atomic E-state index is 14.3. The summed E-state index contributed by atoms with van der Waals surface area (Å²) in [6, 6.07) is 10.5. The minimum atomic E-state index is -0.628. The zero-order valence-electron chi connectivity index (χ0n) is 23.9. The lowest BCUT2D eigenvalue weighted by molar-refractivity contribution is 0.296. The minimum absolute atomic E-state index is 0. The van der Waals surface area contributed by atoms with Gasteiger partial charge in [0.2, 0.25) is 0 Å². The molecule has 42 heavy (non-hydrogen) atoms. The molecule has 11 heteroatoms. The van der Waals surface area contributed by atoms with E-state index in [4.69, 9.17) is 15.2 Å². The normalized spacial score (nSPS) is 16.7. The van der Waals surface area contributed by atoms with Crippen molar-refractivity contribution in [2.75, 3.05) is 5.73 Å². The molecule has 4 N–H and O–H groups in total. The van der Waals surface area contributed by atoms with Crippen LogP contribution >= 0.6 is 12.4 Å². The Kier molecular flexibility index (Phi) is 7.11. The van der Waals surface area contributed by atoms with Crippen LogP contribution in [0.25, 0.3) is 38.6 Å². The first-order valence-corrected chi connectivity index (χ1v) is 13.4. The Morgan fingerprint density at radius 3 is 2.52 bits per heavy atom. The molecule has 0 spiro atoms. The van der Waals surface area contributed by atoms with Crippen molar-refractivity contribution < 1.29 is 13.9 Å². The van der Waals surface area contributed by atoms with E-state index < -0.39 is 17.5 Å². The smallest absolute Gasteiger partial charge is 0.343 e. The second-order valence-electron chi connectivity index (χ2n) is 11.9. The molecule has 0 aliphatic carbocycles. The maximum absolute atomic E-state index is 14.3. The fourth-order valence-corrected chi connectivity index (χ4v) is 6.21. The lowest BCUT2D eigenvalue weighted by Crippen LogP contribution is -2.53. The van der Waals surface area contributed by atoms with Crippen LogP contribution in [0.15, 0.2) is 64.1 Å². The van der Waals surface area contributed by atoms with Crippen molar-refractivity contribution >= 4 is 45.6 Å². The number of phenolic OH excluding ortho intramolecular Hbond substituents is 1. The number of hydrogen-bond donors (Lipinski definition) is 3. The zero-order chi connectivity index (χ0) is 29.3. The molecule has 2 aromatic carbocycles. The van der Waals surface area contributed by atoms with Gasteiger partial charge in [-0.15, -0.1) is 12.4 Å². The van der Waals surface area contributed by atoms with Gasteiger partial charge in [0, 0.05) is 28.3 Å². The molecule has 218 valence electrons. The van der Waals surface area contributed by atoms with Crippen molar-refractivity contribution in [3.63, 3.8) is 0 Å². The predicted molar refractivity (Wildman–Crippen MR) is 164 cm³/mol. The molecule has 0 amide bonds. The third-order valence-corrected chi connectivity index (χ3v) is 7.43. The van der Waals surface area contributed by atoms with Crippen molar-refractivity contribution in [2.45, 2.75) is 58.2 Å². The molecule has 1 aliphatic rings. The van der Waals surface area contributed by atoms with Gasteiger partial charge in [0.1, 0.15) is 41.2 Å². The van der Waals surface area contributed by atoms with Crippen molar-refractivity contribution in [2.24, 2.45) is 0 Å². The summed E-state index contributed by atoms with van der Waals surface area (Å²) in [5, 5.41) is 20.2. The van der Waals surface area contributed by atoms with Gasteiger partial charge in [-0.25, -0.2) is 23.8 Å². The topological polar surface area (TPSA) is 132 Å². The van der Waals surface area contributed by atoms with Crippen LogP contribution in [-0.2, 0) is 0 Å². The standard InChI is InChI=1S/C31H31FN6O3.ClH/c1-16(38-28-24(27(33)34-15-35-28)25(36-38)17-10-19(32)12-20(39)11-17)26-23(18-13-30(2,3)37-31(4,5)14-18)21-8-6-7-9-22(21)29(40)41-26;/h6-13,15-16,37,39H,14H2,1-5H3,(H2,33,34,35);1H. The molecule has 0 radical (unpaired) electrons. The van der Waals surface area contributed by atoms with Crippen LogP contribution in [0.1, 0.15) is 58.4 Å². The van der Waals surface area contributed by atoms with Crippen LogP contribution in [0, 0.1) is 5.82 Å². The van der Waals surface area contributed by atoms with Crippen LogP contribution in [0.3, 0.4) is 0 Å². The van der Waals surface area contributed by atoms with E-state index in [1.807, 2.05) is 25.1 Å². The number of benzene rings is 2. The summed E-state index contributed by atoms with van der Waals surface area (Å²) in [7, 11) is 0. The summed E-state index contributed by atoms with van der Waals surface area (Å²) in [6.45, 7) is 10.4. The Morgan fingerprint density at radius 1 is 1.12 bits per heavy atom. The van der Waals surface area contributed by atoms with E-state index in [-0.39, 0.29) is 35.1 Å². The molecular formula is C31H32ClFN6O3. The molecule has 5 aromatic rings. The van der Waals surface area contributed by atoms with E-state index in [0.29, 0.717) is 39.9 Å². The Balaban J connectivity index is 0.00000353. The van der Waals surface area contributed by atoms with Gasteiger partial charge in [-0.05, 0) is 70.2 Å². The molecule has 0 fully saturated rings. The lowest BCUT2D eigenvalue weighted by atomic mass is 9.79. The number of halogens is 2. The highest BCUT2D eigenvalue weighted by molar-refractivity contribution is 5.99. The van der Waals surface area contributed by atoms with Gasteiger partial charge in [0.05, 0.1) is 10.8 Å². The van der Waals surface area contributed by atoms with Crippen molar-refractivity contribution in [3.8, 4) is 17.0 Å². The van der Waals surface area contributed by atoms with Gasteiger partial charge in [-0.3, -0.25) is 0 Å². The van der Waals surface area contributed by atoms with E-state index in [2.05, 4.69) is 49.1 Å². The molecule has 6 rings (SSSR count). The molecule has 0 saturated heterocycles. The van der Waals surface area contributed by atoms with Crippen LogP contribution in [0.5, 0.6) is 5.75 Å².